The van der Waals surface area contributed by atoms with Crippen LogP contribution in [-0.2, 0) is 13.6 Å². The van der Waals surface area contributed by atoms with E-state index >= 15 is 0 Å². The van der Waals surface area contributed by atoms with E-state index in [4.69, 9.17) is 13.5 Å². The molecule has 1 aromatic carbocycles. The van der Waals surface area contributed by atoms with E-state index in [9.17, 15) is 4.57 Å². The minimum absolute atomic E-state index is 0.273. The number of nitrogens with zero attached hydrogens (tertiary/aromatic N) is 2. The number of para-hydroxylation sites is 1. The predicted molar refractivity (Wildman–Crippen MR) is 99.6 cm³/mol. The Morgan fingerprint density at radius 2 is 1.88 bits per heavy atom. The summed E-state index contributed by atoms with van der Waals surface area (Å²) in [6, 6.07) is 11.4. The lowest BCUT2D eigenvalue weighted by molar-refractivity contribution is 0.229. The van der Waals surface area contributed by atoms with Crippen molar-refractivity contribution in [2.75, 3.05) is 13.2 Å². The Bertz CT molecular complexity index is 1070. The Morgan fingerprint density at radius 3 is 2.62 bits per heavy atom. The molecule has 0 amide bonds. The molecule has 3 heterocycles. The van der Waals surface area contributed by atoms with Crippen LogP contribution in [0.25, 0.3) is 33.5 Å². The van der Waals surface area contributed by atoms with Crippen LogP contribution in [0.1, 0.15) is 13.8 Å². The first-order valence-electron chi connectivity index (χ1n) is 8.37. The van der Waals surface area contributed by atoms with Crippen molar-refractivity contribution in [3.8, 4) is 11.5 Å². The maximum atomic E-state index is 13.0. The van der Waals surface area contributed by atoms with Gasteiger partial charge in [-0.05, 0) is 32.0 Å². The summed E-state index contributed by atoms with van der Waals surface area (Å²) in [6.45, 7) is 4.09. The van der Waals surface area contributed by atoms with Crippen molar-refractivity contribution in [3.05, 3.63) is 42.7 Å². The molecule has 0 aliphatic heterocycles. The SMILES string of the molecule is CCOP(=O)(OCC)c1cc2c(-c3cc4ccccc4o3)ncnc2[nH]1. The molecule has 8 heteroatoms. The van der Waals surface area contributed by atoms with Gasteiger partial charge in [0.1, 0.15) is 28.7 Å². The van der Waals surface area contributed by atoms with Crippen molar-refractivity contribution in [2.45, 2.75) is 13.8 Å². The molecule has 0 spiro atoms. The van der Waals surface area contributed by atoms with Gasteiger partial charge in [-0.25, -0.2) is 9.97 Å². The molecule has 1 N–H and O–H groups in total. The quantitative estimate of drug-likeness (QED) is 0.509. The third-order valence-corrected chi connectivity index (χ3v) is 5.99. The van der Waals surface area contributed by atoms with Crippen molar-refractivity contribution in [3.63, 3.8) is 0 Å². The van der Waals surface area contributed by atoms with Gasteiger partial charge in [0.2, 0.25) is 0 Å². The van der Waals surface area contributed by atoms with E-state index in [1.54, 1.807) is 19.9 Å². The molecule has 0 atom stereocenters. The number of furan rings is 1. The van der Waals surface area contributed by atoms with Gasteiger partial charge in [-0.3, -0.25) is 4.57 Å². The molecule has 0 aliphatic carbocycles. The van der Waals surface area contributed by atoms with Crippen LogP contribution in [0.3, 0.4) is 0 Å². The summed E-state index contributed by atoms with van der Waals surface area (Å²) in [6.07, 6.45) is 1.44. The Morgan fingerprint density at radius 1 is 1.12 bits per heavy atom. The summed E-state index contributed by atoms with van der Waals surface area (Å²) < 4.78 is 29.8. The van der Waals surface area contributed by atoms with Crippen molar-refractivity contribution >= 4 is 35.0 Å². The molecular formula is C18H18N3O4P. The molecule has 134 valence electrons. The molecule has 0 radical (unpaired) electrons. The zero-order valence-corrected chi connectivity index (χ0v) is 15.3. The highest BCUT2D eigenvalue weighted by atomic mass is 31.2. The molecule has 7 nitrogen and oxygen atoms in total. The fourth-order valence-corrected chi connectivity index (χ4v) is 4.45. The lowest BCUT2D eigenvalue weighted by atomic mass is 10.2. The van der Waals surface area contributed by atoms with Gasteiger partial charge in [-0.1, -0.05) is 18.2 Å². The van der Waals surface area contributed by atoms with E-state index in [0.717, 1.165) is 11.0 Å². The number of rotatable bonds is 6. The highest BCUT2D eigenvalue weighted by Gasteiger charge is 2.30. The number of nitrogens with one attached hydrogen (secondary N) is 1. The number of H-pyrrole nitrogens is 1. The molecule has 0 fully saturated rings. The van der Waals surface area contributed by atoms with E-state index in [1.165, 1.54) is 6.33 Å². The van der Waals surface area contributed by atoms with Gasteiger partial charge in [0.15, 0.2) is 5.76 Å². The fourth-order valence-electron chi connectivity index (χ4n) is 2.88. The smallest absolute Gasteiger partial charge is 0.377 e. The van der Waals surface area contributed by atoms with Gasteiger partial charge in [0.25, 0.3) is 0 Å². The first-order chi connectivity index (χ1) is 12.6. The second-order valence-corrected chi connectivity index (χ2v) is 7.61. The van der Waals surface area contributed by atoms with E-state index in [2.05, 4.69) is 15.0 Å². The van der Waals surface area contributed by atoms with Gasteiger partial charge in [-0.2, -0.15) is 0 Å². The minimum atomic E-state index is -3.44. The van der Waals surface area contributed by atoms with Crippen LogP contribution in [0, 0.1) is 0 Å². The van der Waals surface area contributed by atoms with Crippen LogP contribution < -0.4 is 5.44 Å². The van der Waals surface area contributed by atoms with Crippen molar-refractivity contribution in [1.82, 2.24) is 15.0 Å². The summed E-state index contributed by atoms with van der Waals surface area (Å²) in [4.78, 5) is 11.6. The normalized spacial score (nSPS) is 12.2. The lowest BCUT2D eigenvalue weighted by Gasteiger charge is -2.14. The molecular weight excluding hydrogens is 353 g/mol. The van der Waals surface area contributed by atoms with Crippen LogP contribution in [0.4, 0.5) is 0 Å². The highest BCUT2D eigenvalue weighted by molar-refractivity contribution is 7.62. The number of aromatic nitrogens is 3. The number of hydrogen-bond donors (Lipinski definition) is 1. The van der Waals surface area contributed by atoms with Crippen LogP contribution in [0.2, 0.25) is 0 Å². The summed E-state index contributed by atoms with van der Waals surface area (Å²) >= 11 is 0. The Hall–Kier alpha value is -2.47. The molecule has 4 rings (SSSR count). The van der Waals surface area contributed by atoms with Crippen LogP contribution in [0.15, 0.2) is 47.1 Å². The highest BCUT2D eigenvalue weighted by Crippen LogP contribution is 2.47. The first-order valence-corrected chi connectivity index (χ1v) is 9.91. The Labute approximate surface area is 149 Å². The van der Waals surface area contributed by atoms with Crippen molar-refractivity contribution in [1.29, 1.82) is 0 Å². The van der Waals surface area contributed by atoms with Crippen LogP contribution in [-0.4, -0.2) is 28.2 Å². The average Bonchev–Trinajstić information content (AvgIpc) is 3.26. The first kappa shape index (κ1) is 17.0. The summed E-state index contributed by atoms with van der Waals surface area (Å²) in [5, 5.41) is 1.68. The lowest BCUT2D eigenvalue weighted by Crippen LogP contribution is -2.11. The maximum absolute atomic E-state index is 13.0. The van der Waals surface area contributed by atoms with Gasteiger partial charge in [-0.15, -0.1) is 0 Å². The Balaban J connectivity index is 1.87. The molecule has 3 aromatic heterocycles. The molecule has 0 saturated carbocycles. The molecule has 4 aromatic rings. The minimum Gasteiger partial charge on any atom is -0.454 e. The van der Waals surface area contributed by atoms with Crippen molar-refractivity contribution < 1.29 is 18.0 Å². The van der Waals surface area contributed by atoms with Gasteiger partial charge < -0.3 is 18.4 Å². The topological polar surface area (TPSA) is 90.2 Å². The Kier molecular flexibility index (Phi) is 4.36. The van der Waals surface area contributed by atoms with Crippen LogP contribution >= 0.6 is 7.60 Å². The number of fused-ring (bicyclic) bond motifs is 2. The molecule has 0 saturated heterocycles. The maximum Gasteiger partial charge on any atom is 0.377 e. The number of hydrogen-bond acceptors (Lipinski definition) is 6. The van der Waals surface area contributed by atoms with E-state index in [0.29, 0.717) is 27.9 Å². The molecule has 0 aliphatic rings. The summed E-state index contributed by atoms with van der Waals surface area (Å²) in [5.41, 5.74) is 2.30. The second-order valence-electron chi connectivity index (χ2n) is 5.62. The zero-order valence-electron chi connectivity index (χ0n) is 14.4. The van der Waals surface area contributed by atoms with E-state index < -0.39 is 7.60 Å². The third-order valence-electron chi connectivity index (χ3n) is 3.96. The molecule has 0 unspecified atom stereocenters. The van der Waals surface area contributed by atoms with Gasteiger partial charge in [0, 0.05) is 10.8 Å². The molecule has 26 heavy (non-hydrogen) atoms. The van der Waals surface area contributed by atoms with Crippen LogP contribution in [0.5, 0.6) is 0 Å². The zero-order chi connectivity index (χ0) is 18.1. The van der Waals surface area contributed by atoms with E-state index in [1.807, 2.05) is 30.3 Å². The average molecular weight is 371 g/mol. The summed E-state index contributed by atoms with van der Waals surface area (Å²) in [7, 11) is -3.44. The van der Waals surface area contributed by atoms with Crippen molar-refractivity contribution in [2.24, 2.45) is 0 Å². The van der Waals surface area contributed by atoms with E-state index in [-0.39, 0.29) is 13.2 Å². The fraction of sp³-hybridized carbons (Fsp3) is 0.222. The third kappa shape index (κ3) is 2.84. The number of benzene rings is 1. The largest absolute Gasteiger partial charge is 0.454 e. The monoisotopic (exact) mass is 371 g/mol. The predicted octanol–water partition coefficient (Wildman–Crippen LogP) is 4.26. The van der Waals surface area contributed by atoms with Gasteiger partial charge in [0.05, 0.1) is 13.2 Å². The number of aromatic amines is 1. The second kappa shape index (κ2) is 6.68. The molecule has 0 bridgehead atoms. The standard InChI is InChI=1S/C18H18N3O4P/c1-3-23-26(22,24-4-2)16-10-13-17(19-11-20-18(13)21-16)15-9-12-7-5-6-8-14(12)25-15/h5-11H,3-4H2,1-2H3,(H,19,20,21). The summed E-state index contributed by atoms with van der Waals surface area (Å²) in [5.74, 6) is 0.617. The van der Waals surface area contributed by atoms with Gasteiger partial charge >= 0.3 is 7.60 Å².